The molecule has 0 aliphatic carbocycles. The van der Waals surface area contributed by atoms with Crippen molar-refractivity contribution in [3.63, 3.8) is 0 Å². The van der Waals surface area contributed by atoms with Crippen LogP contribution in [0.2, 0.25) is 0 Å². The van der Waals surface area contributed by atoms with Crippen molar-refractivity contribution in [2.45, 2.75) is 26.9 Å². The lowest BCUT2D eigenvalue weighted by Crippen LogP contribution is -2.31. The molecule has 0 unspecified atom stereocenters. The Labute approximate surface area is 156 Å². The zero-order valence-corrected chi connectivity index (χ0v) is 15.3. The smallest absolute Gasteiger partial charge is 0.355 e. The van der Waals surface area contributed by atoms with Gasteiger partial charge in [0.15, 0.2) is 6.10 Å². The molecule has 0 aliphatic heterocycles. The van der Waals surface area contributed by atoms with Crippen molar-refractivity contribution in [2.24, 2.45) is 0 Å². The van der Waals surface area contributed by atoms with Crippen LogP contribution in [0.1, 0.15) is 28.5 Å². The number of aromatic amines is 1. The Morgan fingerprint density at radius 2 is 1.81 bits per heavy atom. The lowest BCUT2D eigenvalue weighted by atomic mass is 10.1. The van der Waals surface area contributed by atoms with E-state index in [1.54, 1.807) is 30.3 Å². The van der Waals surface area contributed by atoms with Crippen LogP contribution in [0.5, 0.6) is 0 Å². The fourth-order valence-electron chi connectivity index (χ4n) is 2.79. The summed E-state index contributed by atoms with van der Waals surface area (Å²) in [5.74, 6) is -1.21. The number of nitrogens with one attached hydrogen (secondary N) is 2. The number of ether oxygens (including phenoxy) is 1. The molecule has 138 valence electrons. The molecule has 6 heteroatoms. The Bertz CT molecular complexity index is 1080. The van der Waals surface area contributed by atoms with E-state index in [4.69, 9.17) is 4.74 Å². The second-order valence-electron chi connectivity index (χ2n) is 6.45. The van der Waals surface area contributed by atoms with Gasteiger partial charge in [-0.15, -0.1) is 0 Å². The summed E-state index contributed by atoms with van der Waals surface area (Å²) in [5.41, 5.74) is 2.29. The maximum absolute atomic E-state index is 12.3. The number of fused-ring (bicyclic) bond motifs is 1. The Morgan fingerprint density at radius 1 is 1.07 bits per heavy atom. The summed E-state index contributed by atoms with van der Waals surface area (Å²) in [4.78, 5) is 39.3. The monoisotopic (exact) mass is 364 g/mol. The van der Waals surface area contributed by atoms with Gasteiger partial charge in [-0.1, -0.05) is 35.9 Å². The van der Waals surface area contributed by atoms with Crippen LogP contribution < -0.4 is 10.9 Å². The number of aryl methyl sites for hydroxylation is 2. The lowest BCUT2D eigenvalue weighted by Gasteiger charge is -2.15. The summed E-state index contributed by atoms with van der Waals surface area (Å²) in [6, 6.07) is 14.1. The van der Waals surface area contributed by atoms with Crippen molar-refractivity contribution < 1.29 is 14.3 Å². The molecule has 3 aromatic rings. The number of H-pyrrole nitrogens is 1. The largest absolute Gasteiger partial charge is 0.448 e. The highest BCUT2D eigenvalue weighted by Gasteiger charge is 2.20. The van der Waals surface area contributed by atoms with E-state index in [9.17, 15) is 14.4 Å². The summed E-state index contributed by atoms with van der Waals surface area (Å²) in [6.45, 7) is 5.34. The van der Waals surface area contributed by atoms with E-state index >= 15 is 0 Å². The first-order valence-electron chi connectivity index (χ1n) is 8.56. The van der Waals surface area contributed by atoms with Crippen LogP contribution >= 0.6 is 0 Å². The van der Waals surface area contributed by atoms with Gasteiger partial charge in [-0.25, -0.2) is 4.79 Å². The van der Waals surface area contributed by atoms with E-state index in [0.717, 1.165) is 11.1 Å². The zero-order chi connectivity index (χ0) is 19.6. The SMILES string of the molecule is Cc1ccc(NC(=O)[C@@H](C)OC(=O)c2cc3ccccc3c(=O)[nH]2)c(C)c1. The van der Waals surface area contributed by atoms with Gasteiger partial charge < -0.3 is 15.0 Å². The van der Waals surface area contributed by atoms with Gasteiger partial charge in [-0.05, 0) is 49.9 Å². The number of hydrogen-bond acceptors (Lipinski definition) is 4. The van der Waals surface area contributed by atoms with Gasteiger partial charge in [-0.3, -0.25) is 9.59 Å². The molecule has 0 saturated heterocycles. The number of esters is 1. The molecule has 3 rings (SSSR count). The summed E-state index contributed by atoms with van der Waals surface area (Å²) < 4.78 is 5.22. The molecule has 2 N–H and O–H groups in total. The highest BCUT2D eigenvalue weighted by atomic mass is 16.5. The minimum absolute atomic E-state index is 0.00451. The number of carbonyl (C=O) groups is 2. The topological polar surface area (TPSA) is 88.3 Å². The standard InChI is InChI=1S/C21H20N2O4/c1-12-8-9-17(13(2)10-12)22-19(24)14(3)27-21(26)18-11-15-6-4-5-7-16(15)20(25)23-18/h4-11,14H,1-3H3,(H,22,24)(H,23,25)/t14-/m1/s1. The minimum atomic E-state index is -1.02. The van der Waals surface area contributed by atoms with Gasteiger partial charge in [0.1, 0.15) is 5.69 Å². The molecule has 1 heterocycles. The van der Waals surface area contributed by atoms with Gasteiger partial charge in [0.2, 0.25) is 0 Å². The van der Waals surface area contributed by atoms with Crippen molar-refractivity contribution >= 4 is 28.3 Å². The molecule has 0 radical (unpaired) electrons. The lowest BCUT2D eigenvalue weighted by molar-refractivity contribution is -0.123. The number of pyridine rings is 1. The first kappa shape index (κ1) is 18.4. The first-order valence-corrected chi connectivity index (χ1v) is 8.56. The molecule has 0 bridgehead atoms. The maximum atomic E-state index is 12.3. The number of hydrogen-bond donors (Lipinski definition) is 2. The van der Waals surface area contributed by atoms with E-state index in [-0.39, 0.29) is 11.3 Å². The summed E-state index contributed by atoms with van der Waals surface area (Å²) in [7, 11) is 0. The molecular weight excluding hydrogens is 344 g/mol. The molecule has 0 saturated carbocycles. The van der Waals surface area contributed by atoms with E-state index in [2.05, 4.69) is 10.3 Å². The third-order valence-electron chi connectivity index (χ3n) is 4.27. The first-order chi connectivity index (χ1) is 12.8. The van der Waals surface area contributed by atoms with Crippen molar-refractivity contribution in [3.05, 3.63) is 75.7 Å². The summed E-state index contributed by atoms with van der Waals surface area (Å²) in [6.07, 6.45) is -1.02. The van der Waals surface area contributed by atoms with Gasteiger partial charge in [0.25, 0.3) is 11.5 Å². The van der Waals surface area contributed by atoms with Crippen LogP contribution in [0.15, 0.2) is 53.3 Å². The molecule has 1 aromatic heterocycles. The van der Waals surface area contributed by atoms with Crippen LogP contribution in [0.4, 0.5) is 5.69 Å². The highest BCUT2D eigenvalue weighted by Crippen LogP contribution is 2.17. The predicted molar refractivity (Wildman–Crippen MR) is 104 cm³/mol. The molecule has 2 aromatic carbocycles. The number of anilines is 1. The second-order valence-corrected chi connectivity index (χ2v) is 6.45. The fourth-order valence-corrected chi connectivity index (χ4v) is 2.79. The third kappa shape index (κ3) is 4.06. The highest BCUT2D eigenvalue weighted by molar-refractivity contribution is 5.98. The number of benzene rings is 2. The average Bonchev–Trinajstić information content (AvgIpc) is 2.63. The van der Waals surface area contributed by atoms with E-state index < -0.39 is 18.0 Å². The molecule has 1 amide bonds. The van der Waals surface area contributed by atoms with Crippen LogP contribution in [-0.4, -0.2) is 23.0 Å². The van der Waals surface area contributed by atoms with Gasteiger partial charge in [0.05, 0.1) is 0 Å². The Hall–Kier alpha value is -3.41. The molecule has 27 heavy (non-hydrogen) atoms. The van der Waals surface area contributed by atoms with Crippen LogP contribution in [0.3, 0.4) is 0 Å². The Kier molecular flexibility index (Phi) is 5.07. The number of rotatable bonds is 4. The van der Waals surface area contributed by atoms with Gasteiger partial charge >= 0.3 is 5.97 Å². The zero-order valence-electron chi connectivity index (χ0n) is 15.3. The molecule has 0 aliphatic rings. The Balaban J connectivity index is 1.73. The minimum Gasteiger partial charge on any atom is -0.448 e. The number of aromatic nitrogens is 1. The molecule has 0 spiro atoms. The van der Waals surface area contributed by atoms with Crippen LogP contribution in [-0.2, 0) is 9.53 Å². The number of carbonyl (C=O) groups excluding carboxylic acids is 2. The quantitative estimate of drug-likeness (QED) is 0.695. The van der Waals surface area contributed by atoms with Crippen molar-refractivity contribution in [1.82, 2.24) is 4.98 Å². The normalized spacial score (nSPS) is 11.8. The molecular formula is C21H20N2O4. The second kappa shape index (κ2) is 7.45. The molecule has 1 atom stereocenters. The van der Waals surface area contributed by atoms with Crippen molar-refractivity contribution in [2.75, 3.05) is 5.32 Å². The average molecular weight is 364 g/mol. The summed E-state index contributed by atoms with van der Waals surface area (Å²) >= 11 is 0. The maximum Gasteiger partial charge on any atom is 0.355 e. The predicted octanol–water partition coefficient (Wildman–Crippen LogP) is 3.33. The Morgan fingerprint density at radius 3 is 2.56 bits per heavy atom. The summed E-state index contributed by atoms with van der Waals surface area (Å²) in [5, 5.41) is 3.85. The third-order valence-corrected chi connectivity index (χ3v) is 4.27. The van der Waals surface area contributed by atoms with Crippen LogP contribution in [0.25, 0.3) is 10.8 Å². The van der Waals surface area contributed by atoms with E-state index in [0.29, 0.717) is 16.5 Å². The van der Waals surface area contributed by atoms with Crippen molar-refractivity contribution in [3.8, 4) is 0 Å². The van der Waals surface area contributed by atoms with E-state index in [1.165, 1.54) is 13.0 Å². The molecule has 6 nitrogen and oxygen atoms in total. The number of amides is 1. The van der Waals surface area contributed by atoms with E-state index in [1.807, 2.05) is 26.0 Å². The van der Waals surface area contributed by atoms with Gasteiger partial charge in [-0.2, -0.15) is 0 Å². The van der Waals surface area contributed by atoms with Gasteiger partial charge in [0, 0.05) is 11.1 Å². The van der Waals surface area contributed by atoms with Crippen molar-refractivity contribution in [1.29, 1.82) is 0 Å². The fraction of sp³-hybridized carbons (Fsp3) is 0.190. The molecule has 0 fully saturated rings. The van der Waals surface area contributed by atoms with Crippen LogP contribution in [0, 0.1) is 13.8 Å².